The smallest absolute Gasteiger partial charge is 0.284 e. The Hall–Kier alpha value is -3.09. The number of likely N-dealkylation sites (N-methyl/N-ethyl adjacent to an activating group) is 1. The van der Waals surface area contributed by atoms with Crippen LogP contribution < -0.4 is 16.0 Å². The van der Waals surface area contributed by atoms with Crippen LogP contribution >= 0.6 is 0 Å². The monoisotopic (exact) mass is 312 g/mol. The highest BCUT2D eigenvalue weighted by atomic mass is 16.6. The first-order valence-corrected chi connectivity index (χ1v) is 7.15. The summed E-state index contributed by atoms with van der Waals surface area (Å²) in [7, 11) is 1.98. The number of hydrogen-bond acceptors (Lipinski definition) is 5. The van der Waals surface area contributed by atoms with Crippen molar-refractivity contribution in [3.05, 3.63) is 57.6 Å². The van der Waals surface area contributed by atoms with E-state index in [4.69, 9.17) is 5.73 Å². The van der Waals surface area contributed by atoms with Crippen molar-refractivity contribution in [2.75, 3.05) is 29.5 Å². The maximum Gasteiger partial charge on any atom is 0.284 e. The zero-order chi connectivity index (χ0) is 16.6. The molecule has 3 rings (SSSR count). The second-order valence-corrected chi connectivity index (χ2v) is 5.47. The van der Waals surface area contributed by atoms with Gasteiger partial charge in [-0.15, -0.1) is 0 Å². The number of amides is 1. The van der Waals surface area contributed by atoms with Gasteiger partial charge in [0.2, 0.25) is 0 Å². The van der Waals surface area contributed by atoms with Crippen molar-refractivity contribution in [3.63, 3.8) is 0 Å². The first-order chi connectivity index (χ1) is 11.0. The van der Waals surface area contributed by atoms with E-state index in [9.17, 15) is 14.9 Å². The van der Waals surface area contributed by atoms with Crippen molar-refractivity contribution in [1.82, 2.24) is 0 Å². The number of nitrogens with two attached hydrogens (primary N) is 1. The summed E-state index contributed by atoms with van der Waals surface area (Å²) in [6.07, 6.45) is 0.969. The zero-order valence-electron chi connectivity index (χ0n) is 12.6. The minimum absolute atomic E-state index is 0.0787. The third-order valence-corrected chi connectivity index (χ3v) is 3.97. The van der Waals surface area contributed by atoms with Crippen molar-refractivity contribution >= 4 is 28.7 Å². The van der Waals surface area contributed by atoms with Gasteiger partial charge in [-0.3, -0.25) is 14.9 Å². The highest BCUT2D eigenvalue weighted by Crippen LogP contribution is 2.30. The fourth-order valence-electron chi connectivity index (χ4n) is 2.77. The van der Waals surface area contributed by atoms with Gasteiger partial charge in [-0.2, -0.15) is 0 Å². The van der Waals surface area contributed by atoms with E-state index in [1.54, 1.807) is 6.07 Å². The van der Waals surface area contributed by atoms with Crippen LogP contribution in [0.25, 0.3) is 0 Å². The number of anilines is 3. The lowest BCUT2D eigenvalue weighted by atomic mass is 10.1. The summed E-state index contributed by atoms with van der Waals surface area (Å²) in [5.74, 6) is -0.588. The van der Waals surface area contributed by atoms with Crippen molar-refractivity contribution in [1.29, 1.82) is 0 Å². The second kappa shape index (κ2) is 5.60. The number of nitrogens with zero attached hydrogens (tertiary/aromatic N) is 2. The average Bonchev–Trinajstić information content (AvgIpc) is 2.88. The Balaban J connectivity index is 1.92. The van der Waals surface area contributed by atoms with E-state index in [1.165, 1.54) is 23.8 Å². The summed E-state index contributed by atoms with van der Waals surface area (Å²) < 4.78 is 0. The molecule has 118 valence electrons. The highest BCUT2D eigenvalue weighted by molar-refractivity contribution is 6.10. The molecule has 3 N–H and O–H groups in total. The number of nitrogen functional groups attached to an aromatic ring is 1. The Labute approximate surface area is 132 Å². The molecule has 23 heavy (non-hydrogen) atoms. The molecule has 0 atom stereocenters. The molecule has 0 saturated carbocycles. The number of hydrogen-bond donors (Lipinski definition) is 2. The van der Waals surface area contributed by atoms with Crippen LogP contribution in [-0.2, 0) is 6.42 Å². The molecule has 2 aromatic rings. The number of nitrogens with one attached hydrogen (secondary N) is 1. The lowest BCUT2D eigenvalue weighted by Crippen LogP contribution is -2.17. The van der Waals surface area contributed by atoms with Crippen LogP contribution in [0.3, 0.4) is 0 Å². The molecule has 1 amide bonds. The van der Waals surface area contributed by atoms with Crippen molar-refractivity contribution in [3.8, 4) is 0 Å². The molecule has 0 radical (unpaired) electrons. The van der Waals surface area contributed by atoms with Crippen LogP contribution in [-0.4, -0.2) is 24.4 Å². The second-order valence-electron chi connectivity index (χ2n) is 5.47. The maximum absolute atomic E-state index is 12.4. The van der Waals surface area contributed by atoms with E-state index in [0.717, 1.165) is 18.7 Å². The van der Waals surface area contributed by atoms with Gasteiger partial charge in [0, 0.05) is 31.0 Å². The van der Waals surface area contributed by atoms with Gasteiger partial charge in [0.15, 0.2) is 0 Å². The molecule has 7 nitrogen and oxygen atoms in total. The van der Waals surface area contributed by atoms with E-state index in [0.29, 0.717) is 5.69 Å². The number of benzene rings is 2. The lowest BCUT2D eigenvalue weighted by molar-refractivity contribution is -0.385. The molecular formula is C16H16N4O3. The van der Waals surface area contributed by atoms with E-state index in [2.05, 4.69) is 10.2 Å². The molecule has 1 heterocycles. The molecule has 2 aromatic carbocycles. The fourth-order valence-corrected chi connectivity index (χ4v) is 2.77. The number of carbonyl (C=O) groups is 1. The maximum atomic E-state index is 12.4. The van der Waals surface area contributed by atoms with Gasteiger partial charge < -0.3 is 16.0 Å². The molecule has 0 aliphatic carbocycles. The SMILES string of the molecule is CN1CCc2ccc(NC(=O)c3c(N)cccc3[N+](=O)[O-])cc21. The number of nitro groups is 1. The van der Waals surface area contributed by atoms with E-state index in [-0.39, 0.29) is 16.9 Å². The highest BCUT2D eigenvalue weighted by Gasteiger charge is 2.23. The normalized spacial score (nSPS) is 12.8. The van der Waals surface area contributed by atoms with Crippen LogP contribution in [0.1, 0.15) is 15.9 Å². The third-order valence-electron chi connectivity index (χ3n) is 3.97. The summed E-state index contributed by atoms with van der Waals surface area (Å²) in [6.45, 7) is 0.934. The topological polar surface area (TPSA) is 102 Å². The molecule has 0 aromatic heterocycles. The van der Waals surface area contributed by atoms with Gasteiger partial charge in [-0.1, -0.05) is 12.1 Å². The van der Waals surface area contributed by atoms with Gasteiger partial charge in [0.25, 0.3) is 11.6 Å². The standard InChI is InChI=1S/C16H16N4O3/c1-19-8-7-10-5-6-11(9-14(10)19)18-16(21)15-12(17)3-2-4-13(15)20(22)23/h2-6,9H,7-8,17H2,1H3,(H,18,21). The van der Waals surface area contributed by atoms with Gasteiger partial charge in [0.05, 0.1) is 10.6 Å². The fraction of sp³-hybridized carbons (Fsp3) is 0.188. The minimum atomic E-state index is -0.609. The zero-order valence-corrected chi connectivity index (χ0v) is 12.6. The minimum Gasteiger partial charge on any atom is -0.398 e. The number of fused-ring (bicyclic) bond motifs is 1. The summed E-state index contributed by atoms with van der Waals surface area (Å²) in [4.78, 5) is 25.0. The molecule has 0 spiro atoms. The van der Waals surface area contributed by atoms with Gasteiger partial charge in [0.1, 0.15) is 5.56 Å². The quantitative estimate of drug-likeness (QED) is 0.515. The molecule has 0 unspecified atom stereocenters. The average molecular weight is 312 g/mol. The van der Waals surface area contributed by atoms with Gasteiger partial charge in [-0.05, 0) is 30.2 Å². The molecule has 7 heteroatoms. The molecule has 1 aliphatic rings. The number of carbonyl (C=O) groups excluding carboxylic acids is 1. The molecule has 0 saturated heterocycles. The summed E-state index contributed by atoms with van der Waals surface area (Å²) in [6, 6.07) is 9.80. The van der Waals surface area contributed by atoms with Gasteiger partial charge in [-0.25, -0.2) is 0 Å². The molecule has 1 aliphatic heterocycles. The van der Waals surface area contributed by atoms with Crippen molar-refractivity contribution < 1.29 is 9.72 Å². The van der Waals surface area contributed by atoms with E-state index < -0.39 is 10.8 Å². The number of nitro benzene ring substituents is 1. The Kier molecular flexibility index (Phi) is 3.61. The van der Waals surface area contributed by atoms with Crippen LogP contribution in [0.15, 0.2) is 36.4 Å². The van der Waals surface area contributed by atoms with Crippen LogP contribution in [0, 0.1) is 10.1 Å². The molecule has 0 bridgehead atoms. The van der Waals surface area contributed by atoms with E-state index in [1.807, 2.05) is 19.2 Å². The van der Waals surface area contributed by atoms with Crippen molar-refractivity contribution in [2.45, 2.75) is 6.42 Å². The number of rotatable bonds is 3. The predicted octanol–water partition coefficient (Wildman–Crippen LogP) is 2.42. The third kappa shape index (κ3) is 2.68. The Bertz CT molecular complexity index is 804. The van der Waals surface area contributed by atoms with E-state index >= 15 is 0 Å². The Morgan fingerprint density at radius 2 is 2.13 bits per heavy atom. The summed E-state index contributed by atoms with van der Waals surface area (Å²) in [5.41, 5.74) is 8.26. The summed E-state index contributed by atoms with van der Waals surface area (Å²) in [5, 5.41) is 13.8. The van der Waals surface area contributed by atoms with Gasteiger partial charge >= 0.3 is 0 Å². The van der Waals surface area contributed by atoms with Crippen molar-refractivity contribution in [2.24, 2.45) is 0 Å². The first-order valence-electron chi connectivity index (χ1n) is 7.15. The largest absolute Gasteiger partial charge is 0.398 e. The van der Waals surface area contributed by atoms with Crippen LogP contribution in [0.4, 0.5) is 22.7 Å². The molecule has 0 fully saturated rings. The molecular weight excluding hydrogens is 296 g/mol. The first kappa shape index (κ1) is 14.8. The predicted molar refractivity (Wildman–Crippen MR) is 88.9 cm³/mol. The Morgan fingerprint density at radius 3 is 2.87 bits per heavy atom. The summed E-state index contributed by atoms with van der Waals surface area (Å²) >= 11 is 0. The Morgan fingerprint density at radius 1 is 1.35 bits per heavy atom. The van der Waals surface area contributed by atoms with Crippen LogP contribution in [0.2, 0.25) is 0 Å². The lowest BCUT2D eigenvalue weighted by Gasteiger charge is -2.14. The van der Waals surface area contributed by atoms with Crippen LogP contribution in [0.5, 0.6) is 0 Å².